The third kappa shape index (κ3) is 5.47. The second kappa shape index (κ2) is 8.12. The maximum atomic E-state index is 12.4. The topological polar surface area (TPSA) is 85.3 Å². The van der Waals surface area contributed by atoms with E-state index < -0.39 is 5.60 Å². The van der Waals surface area contributed by atoms with Gasteiger partial charge in [-0.2, -0.15) is 0 Å². The van der Waals surface area contributed by atoms with E-state index in [0.717, 1.165) is 25.1 Å². The van der Waals surface area contributed by atoms with Gasteiger partial charge in [0.25, 0.3) is 0 Å². The molecule has 1 fully saturated rings. The Morgan fingerprint density at radius 1 is 1.43 bits per heavy atom. The molecule has 2 rings (SSSR count). The Bertz CT molecular complexity index is 522. The Labute approximate surface area is 141 Å². The second-order valence-corrected chi connectivity index (χ2v) is 7.35. The minimum atomic E-state index is -0.689. The minimum absolute atomic E-state index is 0.0898. The summed E-state index contributed by atoms with van der Waals surface area (Å²) in [7, 11) is 3.92. The normalized spacial score (nSPS) is 22.4. The molecule has 0 aromatic carbocycles. The third-order valence-electron chi connectivity index (χ3n) is 4.05. The van der Waals surface area contributed by atoms with Gasteiger partial charge in [0.05, 0.1) is 11.4 Å². The number of aryl methyl sites for hydroxylation is 1. The molecule has 0 radical (unpaired) electrons. The summed E-state index contributed by atoms with van der Waals surface area (Å²) in [5.74, 6) is 1.27. The summed E-state index contributed by atoms with van der Waals surface area (Å²) >= 11 is 1.36. The summed E-state index contributed by atoms with van der Waals surface area (Å²) in [6.07, 6.45) is 3.00. The van der Waals surface area contributed by atoms with Crippen LogP contribution in [0.2, 0.25) is 0 Å². The minimum Gasteiger partial charge on any atom is -0.388 e. The SMILES string of the molecule is CCc1nc(SCC(=O)N2CCC[C@@](O)(CN(C)C)CC2)n[nH]1. The van der Waals surface area contributed by atoms with E-state index in [4.69, 9.17) is 0 Å². The van der Waals surface area contributed by atoms with Crippen molar-refractivity contribution in [2.45, 2.75) is 43.4 Å². The van der Waals surface area contributed by atoms with Crippen molar-refractivity contribution in [3.63, 3.8) is 0 Å². The molecular weight excluding hydrogens is 314 g/mol. The van der Waals surface area contributed by atoms with Crippen LogP contribution in [0.1, 0.15) is 32.0 Å². The first kappa shape index (κ1) is 18.2. The van der Waals surface area contributed by atoms with Gasteiger partial charge in [0, 0.05) is 26.1 Å². The molecule has 2 heterocycles. The van der Waals surface area contributed by atoms with Gasteiger partial charge in [-0.05, 0) is 33.4 Å². The molecule has 2 N–H and O–H groups in total. The highest BCUT2D eigenvalue weighted by Crippen LogP contribution is 2.24. The summed E-state index contributed by atoms with van der Waals surface area (Å²) in [6.45, 7) is 3.97. The van der Waals surface area contributed by atoms with E-state index in [9.17, 15) is 9.90 Å². The maximum Gasteiger partial charge on any atom is 0.233 e. The lowest BCUT2D eigenvalue weighted by Gasteiger charge is -2.29. The van der Waals surface area contributed by atoms with Gasteiger partial charge in [-0.25, -0.2) is 4.98 Å². The number of aliphatic hydroxyl groups is 1. The predicted octanol–water partition coefficient (Wildman–Crippen LogP) is 0.764. The highest BCUT2D eigenvalue weighted by atomic mass is 32.2. The van der Waals surface area contributed by atoms with Gasteiger partial charge < -0.3 is 14.9 Å². The average molecular weight is 341 g/mol. The molecule has 1 aromatic rings. The van der Waals surface area contributed by atoms with Crippen LogP contribution in [-0.4, -0.2) is 81.1 Å². The molecule has 130 valence electrons. The number of hydrogen-bond acceptors (Lipinski definition) is 6. The van der Waals surface area contributed by atoms with Gasteiger partial charge >= 0.3 is 0 Å². The lowest BCUT2D eigenvalue weighted by atomic mass is 9.94. The van der Waals surface area contributed by atoms with E-state index in [1.165, 1.54) is 11.8 Å². The van der Waals surface area contributed by atoms with Crippen LogP contribution in [0, 0.1) is 0 Å². The fraction of sp³-hybridized carbons (Fsp3) is 0.800. The summed E-state index contributed by atoms with van der Waals surface area (Å²) in [5.41, 5.74) is -0.689. The molecule has 7 nitrogen and oxygen atoms in total. The fourth-order valence-corrected chi connectivity index (χ4v) is 3.61. The molecule has 1 aliphatic rings. The van der Waals surface area contributed by atoms with Crippen LogP contribution in [0.15, 0.2) is 5.16 Å². The number of aromatic nitrogens is 3. The molecule has 1 aliphatic heterocycles. The van der Waals surface area contributed by atoms with Gasteiger partial charge in [-0.3, -0.25) is 9.89 Å². The van der Waals surface area contributed by atoms with E-state index >= 15 is 0 Å². The Hall–Kier alpha value is -1.12. The predicted molar refractivity (Wildman–Crippen MR) is 90.4 cm³/mol. The van der Waals surface area contributed by atoms with Crippen LogP contribution in [-0.2, 0) is 11.2 Å². The largest absolute Gasteiger partial charge is 0.388 e. The van der Waals surface area contributed by atoms with Gasteiger partial charge in [-0.1, -0.05) is 18.7 Å². The van der Waals surface area contributed by atoms with Crippen LogP contribution < -0.4 is 0 Å². The molecular formula is C15H27N5O2S. The number of likely N-dealkylation sites (tertiary alicyclic amines) is 1. The molecule has 1 aromatic heterocycles. The maximum absolute atomic E-state index is 12.4. The molecule has 1 atom stereocenters. The molecule has 23 heavy (non-hydrogen) atoms. The number of thioether (sulfide) groups is 1. The van der Waals surface area contributed by atoms with Gasteiger partial charge in [0.2, 0.25) is 11.1 Å². The Morgan fingerprint density at radius 2 is 2.22 bits per heavy atom. The lowest BCUT2D eigenvalue weighted by molar-refractivity contribution is -0.128. The number of amides is 1. The molecule has 0 unspecified atom stereocenters. The quantitative estimate of drug-likeness (QED) is 0.743. The first-order valence-corrected chi connectivity index (χ1v) is 9.09. The van der Waals surface area contributed by atoms with E-state index in [1.54, 1.807) is 0 Å². The van der Waals surface area contributed by atoms with Crippen LogP contribution in [0.25, 0.3) is 0 Å². The number of rotatable bonds is 6. The first-order chi connectivity index (χ1) is 10.9. The van der Waals surface area contributed by atoms with Gasteiger partial charge in [-0.15, -0.1) is 5.10 Å². The van der Waals surface area contributed by atoms with Crippen molar-refractivity contribution in [3.8, 4) is 0 Å². The number of carbonyl (C=O) groups excluding carboxylic acids is 1. The monoisotopic (exact) mass is 341 g/mol. The zero-order chi connectivity index (χ0) is 16.9. The Balaban J connectivity index is 1.83. The second-order valence-electron chi connectivity index (χ2n) is 6.40. The van der Waals surface area contributed by atoms with Crippen LogP contribution in [0.4, 0.5) is 0 Å². The summed E-state index contributed by atoms with van der Waals surface area (Å²) in [6, 6.07) is 0. The molecule has 8 heteroatoms. The number of nitrogens with zero attached hydrogens (tertiary/aromatic N) is 4. The summed E-state index contributed by atoms with van der Waals surface area (Å²) in [4.78, 5) is 20.5. The Kier molecular flexibility index (Phi) is 6.43. The number of H-pyrrole nitrogens is 1. The zero-order valence-electron chi connectivity index (χ0n) is 14.2. The van der Waals surface area contributed by atoms with Crippen LogP contribution in [0.5, 0.6) is 0 Å². The van der Waals surface area contributed by atoms with Crippen molar-refractivity contribution in [2.75, 3.05) is 39.5 Å². The standard InChI is InChI=1S/C15H27N5O2S/c1-4-12-16-14(18-17-12)23-10-13(21)20-8-5-6-15(22,7-9-20)11-19(2)3/h22H,4-11H2,1-3H3,(H,16,17,18)/t15-/m0/s1. The van der Waals surface area contributed by atoms with Crippen molar-refractivity contribution in [2.24, 2.45) is 0 Å². The highest BCUT2D eigenvalue weighted by Gasteiger charge is 2.31. The average Bonchev–Trinajstić information content (AvgIpc) is 2.87. The van der Waals surface area contributed by atoms with E-state index in [0.29, 0.717) is 37.0 Å². The fourth-order valence-electron chi connectivity index (χ4n) is 2.89. The molecule has 0 saturated carbocycles. The number of aromatic amines is 1. The number of carbonyl (C=O) groups is 1. The number of likely N-dealkylation sites (N-methyl/N-ethyl adjacent to an activating group) is 1. The van der Waals surface area contributed by atoms with Crippen LogP contribution >= 0.6 is 11.8 Å². The Morgan fingerprint density at radius 3 is 2.87 bits per heavy atom. The van der Waals surface area contributed by atoms with Gasteiger partial charge in [0.1, 0.15) is 5.82 Å². The molecule has 0 aliphatic carbocycles. The van der Waals surface area contributed by atoms with E-state index in [1.807, 2.05) is 30.8 Å². The molecule has 1 saturated heterocycles. The van der Waals surface area contributed by atoms with E-state index in [2.05, 4.69) is 15.2 Å². The summed E-state index contributed by atoms with van der Waals surface area (Å²) < 4.78 is 0. The van der Waals surface area contributed by atoms with E-state index in [-0.39, 0.29) is 5.91 Å². The molecule has 0 spiro atoms. The molecule has 0 bridgehead atoms. The smallest absolute Gasteiger partial charge is 0.233 e. The van der Waals surface area contributed by atoms with Crippen molar-refractivity contribution in [3.05, 3.63) is 5.82 Å². The number of nitrogens with one attached hydrogen (secondary N) is 1. The van der Waals surface area contributed by atoms with Crippen molar-refractivity contribution in [1.29, 1.82) is 0 Å². The van der Waals surface area contributed by atoms with Crippen molar-refractivity contribution in [1.82, 2.24) is 25.0 Å². The first-order valence-electron chi connectivity index (χ1n) is 8.11. The van der Waals surface area contributed by atoms with Crippen molar-refractivity contribution < 1.29 is 9.90 Å². The molecule has 1 amide bonds. The van der Waals surface area contributed by atoms with Crippen LogP contribution in [0.3, 0.4) is 0 Å². The third-order valence-corrected chi connectivity index (χ3v) is 4.88. The highest BCUT2D eigenvalue weighted by molar-refractivity contribution is 7.99. The zero-order valence-corrected chi connectivity index (χ0v) is 15.0. The van der Waals surface area contributed by atoms with Crippen molar-refractivity contribution >= 4 is 17.7 Å². The summed E-state index contributed by atoms with van der Waals surface area (Å²) in [5, 5.41) is 18.2. The number of hydrogen-bond donors (Lipinski definition) is 2. The van der Waals surface area contributed by atoms with Gasteiger partial charge in [0.15, 0.2) is 0 Å². The lowest BCUT2D eigenvalue weighted by Crippen LogP contribution is -2.41.